The van der Waals surface area contributed by atoms with E-state index in [0.29, 0.717) is 22.9 Å². The second kappa shape index (κ2) is 5.22. The molecule has 2 aromatic rings. The molecule has 2 aromatic heterocycles. The van der Waals surface area contributed by atoms with Gasteiger partial charge in [-0.25, -0.2) is 0 Å². The van der Waals surface area contributed by atoms with Crippen molar-refractivity contribution < 1.29 is 18.8 Å². The van der Waals surface area contributed by atoms with Crippen LogP contribution in [0.3, 0.4) is 0 Å². The molecule has 20 heavy (non-hydrogen) atoms. The quantitative estimate of drug-likeness (QED) is 0.767. The number of fused-ring (bicyclic) bond motifs is 1. The molecular weight excluding hydrogens is 262 g/mol. The van der Waals surface area contributed by atoms with Crippen molar-refractivity contribution in [2.45, 2.75) is 18.9 Å². The number of carbonyl (C=O) groups is 3. The van der Waals surface area contributed by atoms with Crippen LogP contribution in [0.5, 0.6) is 0 Å². The Morgan fingerprint density at radius 3 is 2.85 bits per heavy atom. The van der Waals surface area contributed by atoms with Crippen LogP contribution in [0.15, 0.2) is 22.7 Å². The molecule has 0 aliphatic carbocycles. The van der Waals surface area contributed by atoms with Crippen LogP contribution in [0.1, 0.15) is 29.5 Å². The fraction of sp³-hybridized carbons (Fsp3) is 0.231. The van der Waals surface area contributed by atoms with Gasteiger partial charge in [-0.2, -0.15) is 0 Å². The minimum Gasteiger partial charge on any atom is -0.457 e. The summed E-state index contributed by atoms with van der Waals surface area (Å²) in [5, 5.41) is 2.02. The Balaban J connectivity index is 2.52. The summed E-state index contributed by atoms with van der Waals surface area (Å²) in [6, 6.07) is 3.03. The van der Waals surface area contributed by atoms with Crippen LogP contribution in [-0.2, 0) is 15.1 Å². The Hall–Kier alpha value is -2.54. The summed E-state index contributed by atoms with van der Waals surface area (Å²) in [6.45, 7) is 1.70. The fourth-order valence-corrected chi connectivity index (χ4v) is 1.85. The molecule has 0 fully saturated rings. The highest BCUT2D eigenvalue weighted by Crippen LogP contribution is 2.28. The van der Waals surface area contributed by atoms with E-state index in [1.165, 1.54) is 18.3 Å². The SMILES string of the molecule is CC[C@@](N)(C(=O)NC=O)c1cc2ncc(C=O)cc2o1. The van der Waals surface area contributed by atoms with Crippen molar-refractivity contribution in [3.63, 3.8) is 0 Å². The molecule has 0 aliphatic heterocycles. The number of nitrogens with two attached hydrogens (primary N) is 1. The van der Waals surface area contributed by atoms with Crippen LogP contribution in [0.2, 0.25) is 0 Å². The number of hydrogen-bond acceptors (Lipinski definition) is 6. The van der Waals surface area contributed by atoms with Gasteiger partial charge in [-0.1, -0.05) is 6.92 Å². The van der Waals surface area contributed by atoms with E-state index >= 15 is 0 Å². The Kier molecular flexibility index (Phi) is 3.62. The Labute approximate surface area is 114 Å². The number of carbonyl (C=O) groups excluding carboxylic acids is 3. The van der Waals surface area contributed by atoms with Gasteiger partial charge in [0.15, 0.2) is 17.4 Å². The average molecular weight is 275 g/mol. The van der Waals surface area contributed by atoms with Crippen molar-refractivity contribution in [1.82, 2.24) is 10.3 Å². The highest BCUT2D eigenvalue weighted by Gasteiger charge is 2.37. The number of aromatic nitrogens is 1. The van der Waals surface area contributed by atoms with Gasteiger partial charge in [0.2, 0.25) is 6.41 Å². The number of amides is 2. The highest BCUT2D eigenvalue weighted by molar-refractivity contribution is 5.94. The fourth-order valence-electron chi connectivity index (χ4n) is 1.85. The Morgan fingerprint density at radius 1 is 1.50 bits per heavy atom. The minimum absolute atomic E-state index is 0.185. The third-order valence-corrected chi connectivity index (χ3v) is 3.12. The van der Waals surface area contributed by atoms with Crippen molar-refractivity contribution >= 4 is 29.7 Å². The highest BCUT2D eigenvalue weighted by atomic mass is 16.3. The van der Waals surface area contributed by atoms with Crippen LogP contribution in [0.4, 0.5) is 0 Å². The maximum absolute atomic E-state index is 11.9. The lowest BCUT2D eigenvalue weighted by molar-refractivity contribution is -0.130. The topological polar surface area (TPSA) is 115 Å². The van der Waals surface area contributed by atoms with Gasteiger partial charge in [-0.05, 0) is 12.5 Å². The van der Waals surface area contributed by atoms with Crippen LogP contribution in [-0.4, -0.2) is 23.6 Å². The molecule has 0 radical (unpaired) electrons. The van der Waals surface area contributed by atoms with Gasteiger partial charge >= 0.3 is 0 Å². The molecule has 2 amide bonds. The van der Waals surface area contributed by atoms with Gasteiger partial charge in [0, 0.05) is 17.8 Å². The Bertz CT molecular complexity index is 679. The standard InChI is InChI=1S/C13H13N3O4/c1-2-13(14,12(19)16-7-18)11-4-9-10(20-11)3-8(6-17)5-15-9/h3-7H,2,14H2,1H3,(H,16,18,19)/t13-/m0/s1. The molecule has 2 rings (SSSR count). The van der Waals surface area contributed by atoms with Crippen molar-refractivity contribution in [3.8, 4) is 0 Å². The van der Waals surface area contributed by atoms with Gasteiger partial charge in [0.05, 0.1) is 0 Å². The molecule has 0 spiro atoms. The maximum Gasteiger partial charge on any atom is 0.254 e. The van der Waals surface area contributed by atoms with E-state index < -0.39 is 11.4 Å². The van der Waals surface area contributed by atoms with E-state index in [4.69, 9.17) is 10.2 Å². The summed E-state index contributed by atoms with van der Waals surface area (Å²) in [6.07, 6.45) is 2.53. The first-order valence-corrected chi connectivity index (χ1v) is 5.94. The number of pyridine rings is 1. The van der Waals surface area contributed by atoms with Crippen LogP contribution in [0, 0.1) is 0 Å². The van der Waals surface area contributed by atoms with E-state index in [-0.39, 0.29) is 18.6 Å². The van der Waals surface area contributed by atoms with E-state index in [2.05, 4.69) is 4.98 Å². The zero-order valence-electron chi connectivity index (χ0n) is 10.8. The first kappa shape index (κ1) is 13.9. The summed E-state index contributed by atoms with van der Waals surface area (Å²) >= 11 is 0. The number of furan rings is 1. The molecule has 0 aliphatic rings. The lowest BCUT2D eigenvalue weighted by atomic mass is 9.93. The van der Waals surface area contributed by atoms with E-state index in [1.807, 2.05) is 5.32 Å². The number of hydrogen-bond donors (Lipinski definition) is 2. The van der Waals surface area contributed by atoms with Gasteiger partial charge in [0.25, 0.3) is 5.91 Å². The molecule has 3 N–H and O–H groups in total. The predicted molar refractivity (Wildman–Crippen MR) is 69.8 cm³/mol. The third-order valence-electron chi connectivity index (χ3n) is 3.12. The van der Waals surface area contributed by atoms with Crippen LogP contribution < -0.4 is 11.1 Å². The molecule has 0 saturated heterocycles. The molecule has 0 aromatic carbocycles. The maximum atomic E-state index is 11.9. The summed E-state index contributed by atoms with van der Waals surface area (Å²) < 4.78 is 5.51. The van der Waals surface area contributed by atoms with E-state index in [1.54, 1.807) is 6.92 Å². The lowest BCUT2D eigenvalue weighted by Gasteiger charge is -2.22. The van der Waals surface area contributed by atoms with Gasteiger partial charge < -0.3 is 10.2 Å². The zero-order valence-corrected chi connectivity index (χ0v) is 10.8. The number of nitrogens with one attached hydrogen (secondary N) is 1. The second-order valence-corrected chi connectivity index (χ2v) is 4.30. The van der Waals surface area contributed by atoms with E-state index in [9.17, 15) is 14.4 Å². The molecule has 2 heterocycles. The molecule has 104 valence electrons. The first-order chi connectivity index (χ1) is 9.55. The van der Waals surface area contributed by atoms with Gasteiger partial charge in [-0.15, -0.1) is 0 Å². The lowest BCUT2D eigenvalue weighted by Crippen LogP contribution is -2.50. The van der Waals surface area contributed by atoms with Crippen molar-refractivity contribution in [2.24, 2.45) is 5.73 Å². The predicted octanol–water partition coefficient (Wildman–Crippen LogP) is 0.477. The normalized spacial score (nSPS) is 13.7. The van der Waals surface area contributed by atoms with Crippen molar-refractivity contribution in [2.75, 3.05) is 0 Å². The molecule has 1 atom stereocenters. The molecule has 0 unspecified atom stereocenters. The minimum atomic E-state index is -1.47. The van der Waals surface area contributed by atoms with Gasteiger partial charge in [-0.3, -0.25) is 24.7 Å². The average Bonchev–Trinajstić information content (AvgIpc) is 2.89. The summed E-state index contributed by atoms with van der Waals surface area (Å²) in [7, 11) is 0. The first-order valence-electron chi connectivity index (χ1n) is 5.94. The smallest absolute Gasteiger partial charge is 0.254 e. The number of nitrogens with zero attached hydrogens (tertiary/aromatic N) is 1. The summed E-state index contributed by atoms with van der Waals surface area (Å²) in [5.74, 6) is -0.477. The number of aldehydes is 1. The van der Waals surface area contributed by atoms with Crippen molar-refractivity contribution in [1.29, 1.82) is 0 Å². The second-order valence-electron chi connectivity index (χ2n) is 4.30. The molecular formula is C13H13N3O4. The monoisotopic (exact) mass is 275 g/mol. The molecule has 7 nitrogen and oxygen atoms in total. The number of imide groups is 1. The Morgan fingerprint density at radius 2 is 2.25 bits per heavy atom. The third kappa shape index (κ3) is 2.19. The molecule has 0 bridgehead atoms. The van der Waals surface area contributed by atoms with E-state index in [0.717, 1.165) is 0 Å². The van der Waals surface area contributed by atoms with Gasteiger partial charge in [0.1, 0.15) is 11.3 Å². The molecule has 7 heteroatoms. The van der Waals surface area contributed by atoms with Crippen LogP contribution in [0.25, 0.3) is 11.1 Å². The summed E-state index contributed by atoms with van der Waals surface area (Å²) in [4.78, 5) is 37.0. The van der Waals surface area contributed by atoms with Crippen molar-refractivity contribution in [3.05, 3.63) is 29.7 Å². The summed E-state index contributed by atoms with van der Waals surface area (Å²) in [5.41, 5.74) is 5.74. The van der Waals surface area contributed by atoms with Crippen LogP contribution >= 0.6 is 0 Å². The largest absolute Gasteiger partial charge is 0.457 e. The molecule has 0 saturated carbocycles. The number of rotatable bonds is 5. The zero-order chi connectivity index (χ0) is 14.8.